The summed E-state index contributed by atoms with van der Waals surface area (Å²) in [5.41, 5.74) is 0. The first-order valence-corrected chi connectivity index (χ1v) is 7.51. The lowest BCUT2D eigenvalue weighted by atomic mass is 10.1. The number of carbonyl (C=O) groups is 1. The zero-order valence-corrected chi connectivity index (χ0v) is 10.8. The highest BCUT2D eigenvalue weighted by Crippen LogP contribution is 2.18. The summed E-state index contributed by atoms with van der Waals surface area (Å²) < 4.78 is 29.0. The van der Waals surface area contributed by atoms with Gasteiger partial charge >= 0.3 is 0 Å². The van der Waals surface area contributed by atoms with E-state index in [1.54, 1.807) is 6.92 Å². The highest BCUT2D eigenvalue weighted by molar-refractivity contribution is 7.92. The highest BCUT2D eigenvalue weighted by Gasteiger charge is 2.30. The Morgan fingerprint density at radius 1 is 1.38 bits per heavy atom. The summed E-state index contributed by atoms with van der Waals surface area (Å²) in [4.78, 5) is 11.6. The summed E-state index contributed by atoms with van der Waals surface area (Å²) in [6.45, 7) is 4.65. The molecule has 0 aromatic carbocycles. The summed E-state index contributed by atoms with van der Waals surface area (Å²) in [7, 11) is -3.27. The second-order valence-electron chi connectivity index (χ2n) is 4.39. The molecule has 1 unspecified atom stereocenters. The van der Waals surface area contributed by atoms with Gasteiger partial charge in [-0.05, 0) is 19.3 Å². The van der Waals surface area contributed by atoms with E-state index in [-0.39, 0.29) is 22.7 Å². The number of Topliss-reactive ketones (excluding diaryl/α,β-unsaturated/α-hetero) is 1. The average Bonchev–Trinajstić information content (AvgIpc) is 2.28. The number of hydrogen-bond acceptors (Lipinski definition) is 4. The maximum atomic E-state index is 11.9. The molecule has 16 heavy (non-hydrogen) atoms. The van der Waals surface area contributed by atoms with Crippen molar-refractivity contribution in [3.63, 3.8) is 0 Å². The quantitative estimate of drug-likeness (QED) is 0.733. The zero-order valence-electron chi connectivity index (χ0n) is 9.94. The molecule has 1 aliphatic rings. The van der Waals surface area contributed by atoms with Crippen molar-refractivity contribution >= 4 is 15.6 Å². The zero-order chi connectivity index (χ0) is 12.2. The van der Waals surface area contributed by atoms with Gasteiger partial charge in [0.25, 0.3) is 0 Å². The molecule has 0 saturated carbocycles. The van der Waals surface area contributed by atoms with Crippen LogP contribution in [-0.4, -0.2) is 38.4 Å². The normalized spacial score (nSPS) is 20.6. The Labute approximate surface area is 97.3 Å². The minimum atomic E-state index is -3.27. The molecule has 94 valence electrons. The average molecular weight is 248 g/mol. The summed E-state index contributed by atoms with van der Waals surface area (Å²) in [6.07, 6.45) is 1.74. The predicted octanol–water partition coefficient (Wildman–Crippen LogP) is 1.20. The Balaban J connectivity index is 2.60. The molecule has 1 fully saturated rings. The molecule has 4 nitrogen and oxygen atoms in total. The maximum Gasteiger partial charge on any atom is 0.160 e. The topological polar surface area (TPSA) is 60.4 Å². The van der Waals surface area contributed by atoms with Gasteiger partial charge in [0.15, 0.2) is 15.6 Å². The van der Waals surface area contributed by atoms with Crippen LogP contribution in [0, 0.1) is 5.92 Å². The van der Waals surface area contributed by atoms with E-state index in [2.05, 4.69) is 0 Å². The number of carbonyl (C=O) groups excluding carboxylic acids is 1. The van der Waals surface area contributed by atoms with E-state index in [0.29, 0.717) is 32.5 Å². The van der Waals surface area contributed by atoms with Gasteiger partial charge in [-0.15, -0.1) is 0 Å². The van der Waals surface area contributed by atoms with Gasteiger partial charge in [0, 0.05) is 19.1 Å². The molecular weight excluding hydrogens is 228 g/mol. The molecule has 0 N–H and O–H groups in total. The fraction of sp³-hybridized carbons (Fsp3) is 0.909. The Bertz CT molecular complexity index is 328. The van der Waals surface area contributed by atoms with E-state index < -0.39 is 9.84 Å². The van der Waals surface area contributed by atoms with E-state index in [4.69, 9.17) is 4.74 Å². The van der Waals surface area contributed by atoms with Crippen LogP contribution in [0.3, 0.4) is 0 Å². The molecule has 1 saturated heterocycles. The number of ketones is 1. The highest BCUT2D eigenvalue weighted by atomic mass is 32.2. The monoisotopic (exact) mass is 248 g/mol. The van der Waals surface area contributed by atoms with Gasteiger partial charge in [-0.2, -0.15) is 0 Å². The number of ether oxygens (including phenoxy) is 1. The first-order chi connectivity index (χ1) is 7.47. The predicted molar refractivity (Wildman–Crippen MR) is 62.1 cm³/mol. The van der Waals surface area contributed by atoms with Crippen LogP contribution in [-0.2, 0) is 19.4 Å². The SMILES string of the molecule is CCC(C)C(=O)CS(=O)(=O)C1CCOCC1. The third-order valence-corrected chi connectivity index (χ3v) is 5.36. The lowest BCUT2D eigenvalue weighted by Gasteiger charge is -2.22. The third-order valence-electron chi connectivity index (χ3n) is 3.18. The van der Waals surface area contributed by atoms with E-state index in [0.717, 1.165) is 0 Å². The summed E-state index contributed by atoms with van der Waals surface area (Å²) >= 11 is 0. The first kappa shape index (κ1) is 13.6. The van der Waals surface area contributed by atoms with E-state index in [9.17, 15) is 13.2 Å². The van der Waals surface area contributed by atoms with Crippen LogP contribution in [0.1, 0.15) is 33.1 Å². The van der Waals surface area contributed by atoms with Gasteiger partial charge in [0.2, 0.25) is 0 Å². The fourth-order valence-corrected chi connectivity index (χ4v) is 3.55. The van der Waals surface area contributed by atoms with Crippen LogP contribution in [0.2, 0.25) is 0 Å². The summed E-state index contributed by atoms with van der Waals surface area (Å²) in [6, 6.07) is 0. The second-order valence-corrected chi connectivity index (χ2v) is 6.68. The van der Waals surface area contributed by atoms with Crippen LogP contribution in [0.15, 0.2) is 0 Å². The van der Waals surface area contributed by atoms with E-state index >= 15 is 0 Å². The Morgan fingerprint density at radius 3 is 2.44 bits per heavy atom. The van der Waals surface area contributed by atoms with Crippen molar-refractivity contribution in [2.45, 2.75) is 38.4 Å². The Kier molecular flexibility index (Phi) is 4.92. The molecule has 0 spiro atoms. The molecule has 0 aromatic rings. The molecule has 0 bridgehead atoms. The van der Waals surface area contributed by atoms with Crippen molar-refractivity contribution in [1.29, 1.82) is 0 Å². The molecule has 0 amide bonds. The summed E-state index contributed by atoms with van der Waals surface area (Å²) in [5, 5.41) is -0.380. The van der Waals surface area contributed by atoms with Gasteiger partial charge in [0.05, 0.1) is 5.25 Å². The van der Waals surface area contributed by atoms with E-state index in [1.807, 2.05) is 6.92 Å². The van der Waals surface area contributed by atoms with Crippen molar-refractivity contribution in [1.82, 2.24) is 0 Å². The Morgan fingerprint density at radius 2 is 1.94 bits per heavy atom. The largest absolute Gasteiger partial charge is 0.381 e. The Hall–Kier alpha value is -0.420. The van der Waals surface area contributed by atoms with Crippen molar-refractivity contribution in [3.05, 3.63) is 0 Å². The van der Waals surface area contributed by atoms with Crippen molar-refractivity contribution in [2.24, 2.45) is 5.92 Å². The number of rotatable bonds is 5. The van der Waals surface area contributed by atoms with Crippen molar-refractivity contribution in [3.8, 4) is 0 Å². The molecule has 5 heteroatoms. The first-order valence-electron chi connectivity index (χ1n) is 5.79. The second kappa shape index (κ2) is 5.77. The maximum absolute atomic E-state index is 11.9. The molecule has 1 rings (SSSR count). The van der Waals surface area contributed by atoms with Crippen LogP contribution < -0.4 is 0 Å². The molecular formula is C11H20O4S. The molecule has 0 radical (unpaired) electrons. The summed E-state index contributed by atoms with van der Waals surface area (Å²) in [5.74, 6) is -0.615. The van der Waals surface area contributed by atoms with Crippen LogP contribution >= 0.6 is 0 Å². The number of sulfone groups is 1. The lowest BCUT2D eigenvalue weighted by Crippen LogP contribution is -2.34. The molecule has 0 aliphatic carbocycles. The lowest BCUT2D eigenvalue weighted by molar-refractivity contribution is -0.119. The molecule has 1 heterocycles. The number of hydrogen-bond donors (Lipinski definition) is 0. The molecule has 0 aromatic heterocycles. The van der Waals surface area contributed by atoms with Gasteiger partial charge < -0.3 is 4.74 Å². The van der Waals surface area contributed by atoms with Gasteiger partial charge in [-0.3, -0.25) is 4.79 Å². The minimum Gasteiger partial charge on any atom is -0.381 e. The van der Waals surface area contributed by atoms with Crippen molar-refractivity contribution in [2.75, 3.05) is 19.0 Å². The smallest absolute Gasteiger partial charge is 0.160 e. The molecule has 1 aliphatic heterocycles. The van der Waals surface area contributed by atoms with E-state index in [1.165, 1.54) is 0 Å². The van der Waals surface area contributed by atoms with Crippen LogP contribution in [0.25, 0.3) is 0 Å². The van der Waals surface area contributed by atoms with Crippen LogP contribution in [0.5, 0.6) is 0 Å². The fourth-order valence-electron chi connectivity index (χ4n) is 1.72. The minimum absolute atomic E-state index is 0.158. The van der Waals surface area contributed by atoms with Gasteiger partial charge in [-0.1, -0.05) is 13.8 Å². The third kappa shape index (κ3) is 3.56. The van der Waals surface area contributed by atoms with Gasteiger partial charge in [-0.25, -0.2) is 8.42 Å². The van der Waals surface area contributed by atoms with Crippen molar-refractivity contribution < 1.29 is 17.9 Å². The van der Waals surface area contributed by atoms with Gasteiger partial charge in [0.1, 0.15) is 5.75 Å². The molecule has 1 atom stereocenters. The van der Waals surface area contributed by atoms with Crippen LogP contribution in [0.4, 0.5) is 0 Å². The standard InChI is InChI=1S/C11H20O4S/c1-3-9(2)11(12)8-16(13,14)10-4-6-15-7-5-10/h9-10H,3-8H2,1-2H3.